The zero-order chi connectivity index (χ0) is 17.2. The molecule has 1 amide bonds. The third-order valence-electron chi connectivity index (χ3n) is 4.46. The minimum absolute atomic E-state index is 0.0705. The van der Waals surface area contributed by atoms with Gasteiger partial charge in [0.25, 0.3) is 5.89 Å². The molecule has 0 saturated carbocycles. The molecule has 3 aromatic rings. The molecule has 0 radical (unpaired) electrons. The van der Waals surface area contributed by atoms with Gasteiger partial charge >= 0.3 is 0 Å². The first-order valence-electron chi connectivity index (χ1n) is 8.53. The number of aryl methyl sites for hydroxylation is 1. The largest absolute Gasteiger partial charge is 0.419 e. The van der Waals surface area contributed by atoms with E-state index in [4.69, 9.17) is 9.15 Å². The summed E-state index contributed by atoms with van der Waals surface area (Å²) in [6, 6.07) is 9.96. The highest BCUT2D eigenvalue weighted by atomic mass is 16.5. The maximum absolute atomic E-state index is 12.7. The van der Waals surface area contributed by atoms with Crippen LogP contribution in [0, 0.1) is 0 Å². The molecule has 1 aromatic carbocycles. The Hall–Kier alpha value is -2.67. The molecule has 1 fully saturated rings. The SMILES string of the molecule is CCc1nnc(-c2cc3ccccc3n2CC(=O)N2CCOCC2)o1. The molecule has 0 unspecified atom stereocenters. The van der Waals surface area contributed by atoms with Gasteiger partial charge in [-0.15, -0.1) is 10.2 Å². The summed E-state index contributed by atoms with van der Waals surface area (Å²) in [4.78, 5) is 14.6. The van der Waals surface area contributed by atoms with Crippen molar-refractivity contribution in [1.82, 2.24) is 19.7 Å². The van der Waals surface area contributed by atoms with Gasteiger partial charge in [-0.2, -0.15) is 0 Å². The van der Waals surface area contributed by atoms with E-state index in [-0.39, 0.29) is 12.5 Å². The van der Waals surface area contributed by atoms with Crippen molar-refractivity contribution in [2.24, 2.45) is 0 Å². The molecule has 1 aliphatic rings. The van der Waals surface area contributed by atoms with Gasteiger partial charge in [-0.1, -0.05) is 25.1 Å². The Morgan fingerprint density at radius 1 is 1.20 bits per heavy atom. The number of amides is 1. The van der Waals surface area contributed by atoms with Crippen LogP contribution in [0.2, 0.25) is 0 Å². The van der Waals surface area contributed by atoms with Crippen molar-refractivity contribution >= 4 is 16.8 Å². The highest BCUT2D eigenvalue weighted by molar-refractivity contribution is 5.88. The minimum atomic E-state index is 0.0705. The fourth-order valence-electron chi connectivity index (χ4n) is 3.11. The summed E-state index contributed by atoms with van der Waals surface area (Å²) in [5, 5.41) is 9.24. The molecule has 3 heterocycles. The molecule has 0 atom stereocenters. The molecule has 1 saturated heterocycles. The minimum Gasteiger partial charge on any atom is -0.419 e. The number of benzene rings is 1. The number of ether oxygens (including phenoxy) is 1. The Labute approximate surface area is 145 Å². The second-order valence-electron chi connectivity index (χ2n) is 6.02. The van der Waals surface area contributed by atoms with E-state index in [0.29, 0.717) is 44.5 Å². The smallest absolute Gasteiger partial charge is 0.264 e. The quantitative estimate of drug-likeness (QED) is 0.727. The van der Waals surface area contributed by atoms with Crippen molar-refractivity contribution in [3.8, 4) is 11.6 Å². The molecular weight excluding hydrogens is 320 g/mol. The Kier molecular flexibility index (Phi) is 4.23. The molecule has 25 heavy (non-hydrogen) atoms. The van der Waals surface area contributed by atoms with Gasteiger partial charge in [-0.05, 0) is 12.1 Å². The van der Waals surface area contributed by atoms with E-state index in [2.05, 4.69) is 10.2 Å². The van der Waals surface area contributed by atoms with E-state index in [1.807, 2.05) is 46.7 Å². The van der Waals surface area contributed by atoms with Crippen LogP contribution in [0.3, 0.4) is 0 Å². The van der Waals surface area contributed by atoms with Gasteiger partial charge in [0.2, 0.25) is 11.8 Å². The highest BCUT2D eigenvalue weighted by Crippen LogP contribution is 2.27. The molecule has 0 aliphatic carbocycles. The van der Waals surface area contributed by atoms with Crippen LogP contribution < -0.4 is 0 Å². The number of carbonyl (C=O) groups is 1. The van der Waals surface area contributed by atoms with E-state index >= 15 is 0 Å². The molecule has 0 bridgehead atoms. The molecule has 0 N–H and O–H groups in total. The average Bonchev–Trinajstić information content (AvgIpc) is 3.27. The van der Waals surface area contributed by atoms with E-state index in [9.17, 15) is 4.79 Å². The van der Waals surface area contributed by atoms with Crippen LogP contribution in [-0.4, -0.2) is 51.9 Å². The molecular formula is C18H20N4O3. The van der Waals surface area contributed by atoms with Gasteiger partial charge in [-0.3, -0.25) is 4.79 Å². The summed E-state index contributed by atoms with van der Waals surface area (Å²) < 4.78 is 13.0. The van der Waals surface area contributed by atoms with Gasteiger partial charge in [0.05, 0.1) is 13.2 Å². The number of hydrogen-bond donors (Lipinski definition) is 0. The van der Waals surface area contributed by atoms with Gasteiger partial charge in [-0.25, -0.2) is 0 Å². The predicted molar refractivity (Wildman–Crippen MR) is 92.0 cm³/mol. The average molecular weight is 340 g/mol. The van der Waals surface area contributed by atoms with Gasteiger partial charge in [0, 0.05) is 30.4 Å². The maximum atomic E-state index is 12.7. The Morgan fingerprint density at radius 3 is 2.76 bits per heavy atom. The van der Waals surface area contributed by atoms with Crippen LogP contribution >= 0.6 is 0 Å². The van der Waals surface area contributed by atoms with E-state index in [0.717, 1.165) is 16.6 Å². The number of nitrogens with zero attached hydrogens (tertiary/aromatic N) is 4. The zero-order valence-corrected chi connectivity index (χ0v) is 14.1. The van der Waals surface area contributed by atoms with Crippen molar-refractivity contribution in [2.75, 3.05) is 26.3 Å². The van der Waals surface area contributed by atoms with E-state index in [1.54, 1.807) is 0 Å². The number of rotatable bonds is 4. The predicted octanol–water partition coefficient (Wildman–Crippen LogP) is 2.11. The maximum Gasteiger partial charge on any atom is 0.264 e. The second-order valence-corrected chi connectivity index (χ2v) is 6.02. The Bertz CT molecular complexity index is 893. The first-order chi connectivity index (χ1) is 12.3. The van der Waals surface area contributed by atoms with Gasteiger partial charge in [0.15, 0.2) is 0 Å². The second kappa shape index (κ2) is 6.68. The summed E-state index contributed by atoms with van der Waals surface area (Å²) >= 11 is 0. The third kappa shape index (κ3) is 3.02. The Balaban J connectivity index is 1.72. The molecule has 130 valence electrons. The van der Waals surface area contributed by atoms with Crippen molar-refractivity contribution in [3.63, 3.8) is 0 Å². The van der Waals surface area contributed by atoms with Crippen LogP contribution in [-0.2, 0) is 22.5 Å². The molecule has 7 nitrogen and oxygen atoms in total. The summed E-state index contributed by atoms with van der Waals surface area (Å²) in [6.45, 7) is 4.66. The zero-order valence-electron chi connectivity index (χ0n) is 14.1. The molecule has 7 heteroatoms. The number of fused-ring (bicyclic) bond motifs is 1. The molecule has 2 aromatic heterocycles. The summed E-state index contributed by atoms with van der Waals surface area (Å²) in [6.07, 6.45) is 0.680. The number of para-hydroxylation sites is 1. The van der Waals surface area contributed by atoms with Crippen LogP contribution in [0.4, 0.5) is 0 Å². The fourth-order valence-corrected chi connectivity index (χ4v) is 3.11. The van der Waals surface area contributed by atoms with Crippen LogP contribution in [0.5, 0.6) is 0 Å². The topological polar surface area (TPSA) is 73.4 Å². The lowest BCUT2D eigenvalue weighted by molar-refractivity contribution is -0.135. The van der Waals surface area contributed by atoms with Crippen LogP contribution in [0.15, 0.2) is 34.7 Å². The van der Waals surface area contributed by atoms with Crippen molar-refractivity contribution in [3.05, 3.63) is 36.2 Å². The third-order valence-corrected chi connectivity index (χ3v) is 4.46. The van der Waals surface area contributed by atoms with Crippen molar-refractivity contribution < 1.29 is 13.9 Å². The number of aromatic nitrogens is 3. The van der Waals surface area contributed by atoms with Crippen LogP contribution in [0.25, 0.3) is 22.5 Å². The molecule has 0 spiro atoms. The van der Waals surface area contributed by atoms with E-state index in [1.165, 1.54) is 0 Å². The van der Waals surface area contributed by atoms with Crippen molar-refractivity contribution in [1.29, 1.82) is 0 Å². The number of hydrogen-bond acceptors (Lipinski definition) is 5. The monoisotopic (exact) mass is 340 g/mol. The summed E-state index contributed by atoms with van der Waals surface area (Å²) in [5.41, 5.74) is 1.75. The number of morpholine rings is 1. The normalized spacial score (nSPS) is 15.0. The van der Waals surface area contributed by atoms with Crippen LogP contribution in [0.1, 0.15) is 12.8 Å². The van der Waals surface area contributed by atoms with Gasteiger partial charge in [0.1, 0.15) is 12.2 Å². The first-order valence-corrected chi connectivity index (χ1v) is 8.53. The first kappa shape index (κ1) is 15.8. The lowest BCUT2D eigenvalue weighted by Gasteiger charge is -2.27. The molecule has 1 aliphatic heterocycles. The lowest BCUT2D eigenvalue weighted by Crippen LogP contribution is -2.42. The van der Waals surface area contributed by atoms with E-state index < -0.39 is 0 Å². The number of carbonyl (C=O) groups excluding carboxylic acids is 1. The summed E-state index contributed by atoms with van der Waals surface area (Å²) in [5.74, 6) is 1.11. The summed E-state index contributed by atoms with van der Waals surface area (Å²) in [7, 11) is 0. The van der Waals surface area contributed by atoms with Gasteiger partial charge < -0.3 is 18.6 Å². The van der Waals surface area contributed by atoms with Crippen molar-refractivity contribution in [2.45, 2.75) is 19.9 Å². The Morgan fingerprint density at radius 2 is 2.00 bits per heavy atom. The lowest BCUT2D eigenvalue weighted by atomic mass is 10.2. The fraction of sp³-hybridized carbons (Fsp3) is 0.389. The standard InChI is InChI=1S/C18H20N4O3/c1-2-16-19-20-18(25-16)15-11-13-5-3-4-6-14(13)22(15)12-17(23)21-7-9-24-10-8-21/h3-6,11H,2,7-10,12H2,1H3. The highest BCUT2D eigenvalue weighted by Gasteiger charge is 2.21. The molecule has 4 rings (SSSR count).